The van der Waals surface area contributed by atoms with Gasteiger partial charge in [-0.05, 0) is 44.0 Å². The van der Waals surface area contributed by atoms with Crippen LogP contribution in [0.15, 0.2) is 24.3 Å². The zero-order valence-corrected chi connectivity index (χ0v) is 11.4. The summed E-state index contributed by atoms with van der Waals surface area (Å²) in [7, 11) is 0. The van der Waals surface area contributed by atoms with Crippen LogP contribution in [-0.4, -0.2) is 41.7 Å². The Morgan fingerprint density at radius 2 is 2.16 bits per heavy atom. The van der Waals surface area contributed by atoms with Gasteiger partial charge < -0.3 is 15.7 Å². The monoisotopic (exact) mass is 262 g/mol. The first kappa shape index (κ1) is 14.0. The molecule has 0 saturated carbocycles. The van der Waals surface area contributed by atoms with Gasteiger partial charge in [0, 0.05) is 24.6 Å². The Morgan fingerprint density at radius 3 is 2.68 bits per heavy atom. The van der Waals surface area contributed by atoms with Crippen LogP contribution in [0.4, 0.5) is 0 Å². The summed E-state index contributed by atoms with van der Waals surface area (Å²) in [6.07, 6.45) is 1.38. The zero-order chi connectivity index (χ0) is 13.8. The number of rotatable bonds is 4. The Labute approximate surface area is 114 Å². The van der Waals surface area contributed by atoms with Crippen molar-refractivity contribution in [2.24, 2.45) is 11.7 Å². The summed E-state index contributed by atoms with van der Waals surface area (Å²) in [6.45, 7) is 3.80. The fourth-order valence-corrected chi connectivity index (χ4v) is 2.53. The number of hydrogen-bond acceptors (Lipinski definition) is 3. The molecule has 1 aromatic carbocycles. The van der Waals surface area contributed by atoms with E-state index < -0.39 is 0 Å². The van der Waals surface area contributed by atoms with Gasteiger partial charge in [0.1, 0.15) is 0 Å². The molecular formula is C15H22N2O2. The highest BCUT2D eigenvalue weighted by Crippen LogP contribution is 2.21. The molecule has 1 heterocycles. The molecule has 2 unspecified atom stereocenters. The third-order valence-electron chi connectivity index (χ3n) is 3.83. The Morgan fingerprint density at radius 1 is 1.47 bits per heavy atom. The van der Waals surface area contributed by atoms with Gasteiger partial charge in [0.2, 0.25) is 0 Å². The summed E-state index contributed by atoms with van der Waals surface area (Å²) < 4.78 is 0. The Hall–Kier alpha value is -1.39. The molecule has 0 radical (unpaired) electrons. The van der Waals surface area contributed by atoms with Crippen LogP contribution in [0.5, 0.6) is 0 Å². The van der Waals surface area contributed by atoms with Crippen molar-refractivity contribution < 1.29 is 9.90 Å². The lowest BCUT2D eigenvalue weighted by molar-refractivity contribution is 0.0762. The van der Waals surface area contributed by atoms with E-state index in [1.807, 2.05) is 29.2 Å². The van der Waals surface area contributed by atoms with Gasteiger partial charge in [0.15, 0.2) is 0 Å². The van der Waals surface area contributed by atoms with Crippen LogP contribution < -0.4 is 5.73 Å². The van der Waals surface area contributed by atoms with Crippen molar-refractivity contribution in [3.8, 4) is 0 Å². The fraction of sp³-hybridized carbons (Fsp3) is 0.533. The molecule has 0 bridgehead atoms. The summed E-state index contributed by atoms with van der Waals surface area (Å²) in [6, 6.07) is 7.65. The quantitative estimate of drug-likeness (QED) is 0.851. The predicted molar refractivity (Wildman–Crippen MR) is 74.9 cm³/mol. The molecule has 1 aliphatic heterocycles. The number of benzene rings is 1. The summed E-state index contributed by atoms with van der Waals surface area (Å²) in [5.41, 5.74) is 7.37. The molecule has 0 spiro atoms. The Bertz CT molecular complexity index is 428. The SMILES string of the molecule is CC(O)C1CCN(C(=O)c2ccc(CCN)cc2)C1. The van der Waals surface area contributed by atoms with Crippen molar-refractivity contribution in [3.05, 3.63) is 35.4 Å². The van der Waals surface area contributed by atoms with Crippen molar-refractivity contribution in [1.82, 2.24) is 4.90 Å². The van der Waals surface area contributed by atoms with E-state index in [4.69, 9.17) is 5.73 Å². The highest BCUT2D eigenvalue weighted by Gasteiger charge is 2.29. The van der Waals surface area contributed by atoms with E-state index >= 15 is 0 Å². The lowest BCUT2D eigenvalue weighted by Gasteiger charge is -2.18. The minimum Gasteiger partial charge on any atom is -0.393 e. The fourth-order valence-electron chi connectivity index (χ4n) is 2.53. The topological polar surface area (TPSA) is 66.6 Å². The zero-order valence-electron chi connectivity index (χ0n) is 11.4. The minimum atomic E-state index is -0.343. The first-order valence-corrected chi connectivity index (χ1v) is 6.88. The second kappa shape index (κ2) is 6.17. The lowest BCUT2D eigenvalue weighted by atomic mass is 10.0. The van der Waals surface area contributed by atoms with Gasteiger partial charge in [-0.2, -0.15) is 0 Å². The molecule has 0 aromatic heterocycles. The van der Waals surface area contributed by atoms with Crippen LogP contribution in [0, 0.1) is 5.92 Å². The van der Waals surface area contributed by atoms with Crippen LogP contribution in [0.2, 0.25) is 0 Å². The molecule has 4 heteroatoms. The van der Waals surface area contributed by atoms with Crippen molar-refractivity contribution in [2.45, 2.75) is 25.9 Å². The smallest absolute Gasteiger partial charge is 0.253 e. The maximum atomic E-state index is 12.3. The number of aliphatic hydroxyl groups is 1. The number of carbonyl (C=O) groups is 1. The maximum Gasteiger partial charge on any atom is 0.253 e. The normalized spacial score (nSPS) is 20.6. The third kappa shape index (κ3) is 3.33. The van der Waals surface area contributed by atoms with Crippen LogP contribution in [0.3, 0.4) is 0 Å². The van der Waals surface area contributed by atoms with Gasteiger partial charge in [-0.1, -0.05) is 12.1 Å². The molecule has 2 atom stereocenters. The number of aliphatic hydroxyl groups excluding tert-OH is 1. The molecule has 19 heavy (non-hydrogen) atoms. The number of likely N-dealkylation sites (tertiary alicyclic amines) is 1. The van der Waals surface area contributed by atoms with Crippen LogP contribution >= 0.6 is 0 Å². The van der Waals surface area contributed by atoms with Crippen molar-refractivity contribution in [2.75, 3.05) is 19.6 Å². The summed E-state index contributed by atoms with van der Waals surface area (Å²) in [5.74, 6) is 0.267. The second-order valence-electron chi connectivity index (χ2n) is 5.28. The molecule has 1 aromatic rings. The summed E-state index contributed by atoms with van der Waals surface area (Å²) in [5, 5.41) is 9.57. The van der Waals surface area contributed by atoms with Gasteiger partial charge in [0.05, 0.1) is 6.10 Å². The van der Waals surface area contributed by atoms with E-state index in [0.29, 0.717) is 18.7 Å². The molecule has 2 rings (SSSR count). The molecule has 104 valence electrons. The standard InChI is InChI=1S/C15H22N2O2/c1-11(18)14-7-9-17(10-14)15(19)13-4-2-12(3-5-13)6-8-16/h2-5,11,14,18H,6-10,16H2,1H3. The Kier molecular flexibility index (Phi) is 4.56. The third-order valence-corrected chi connectivity index (χ3v) is 3.83. The van der Waals surface area contributed by atoms with Crippen molar-refractivity contribution in [1.29, 1.82) is 0 Å². The molecule has 1 fully saturated rings. The van der Waals surface area contributed by atoms with E-state index in [0.717, 1.165) is 24.9 Å². The number of nitrogens with two attached hydrogens (primary N) is 1. The average molecular weight is 262 g/mol. The lowest BCUT2D eigenvalue weighted by Crippen LogP contribution is -2.30. The molecule has 3 N–H and O–H groups in total. The van der Waals surface area contributed by atoms with Crippen molar-refractivity contribution >= 4 is 5.91 Å². The number of hydrogen-bond donors (Lipinski definition) is 2. The van der Waals surface area contributed by atoms with Gasteiger partial charge in [-0.25, -0.2) is 0 Å². The molecule has 1 aliphatic rings. The average Bonchev–Trinajstić information content (AvgIpc) is 2.89. The number of nitrogens with zero attached hydrogens (tertiary/aromatic N) is 1. The van der Waals surface area contributed by atoms with Crippen LogP contribution in [-0.2, 0) is 6.42 Å². The van der Waals surface area contributed by atoms with E-state index in [1.54, 1.807) is 6.92 Å². The molecule has 0 aliphatic carbocycles. The van der Waals surface area contributed by atoms with E-state index in [-0.39, 0.29) is 17.9 Å². The van der Waals surface area contributed by atoms with E-state index in [1.165, 1.54) is 0 Å². The molecule has 4 nitrogen and oxygen atoms in total. The minimum absolute atomic E-state index is 0.0578. The number of amides is 1. The Balaban J connectivity index is 2.00. The maximum absolute atomic E-state index is 12.3. The van der Waals surface area contributed by atoms with Crippen LogP contribution in [0.1, 0.15) is 29.3 Å². The molecular weight excluding hydrogens is 240 g/mol. The first-order valence-electron chi connectivity index (χ1n) is 6.88. The number of carbonyl (C=O) groups excluding carboxylic acids is 1. The van der Waals surface area contributed by atoms with Gasteiger partial charge in [-0.3, -0.25) is 4.79 Å². The second-order valence-corrected chi connectivity index (χ2v) is 5.28. The largest absolute Gasteiger partial charge is 0.393 e. The van der Waals surface area contributed by atoms with Crippen molar-refractivity contribution in [3.63, 3.8) is 0 Å². The highest BCUT2D eigenvalue weighted by molar-refractivity contribution is 5.94. The van der Waals surface area contributed by atoms with E-state index in [2.05, 4.69) is 0 Å². The molecule has 1 saturated heterocycles. The van der Waals surface area contributed by atoms with Gasteiger partial charge in [-0.15, -0.1) is 0 Å². The predicted octanol–water partition coefficient (Wildman–Crippen LogP) is 1.03. The molecule has 1 amide bonds. The first-order chi connectivity index (χ1) is 9.11. The van der Waals surface area contributed by atoms with Gasteiger partial charge in [0.25, 0.3) is 5.91 Å². The van der Waals surface area contributed by atoms with Gasteiger partial charge >= 0.3 is 0 Å². The van der Waals surface area contributed by atoms with Crippen LogP contribution in [0.25, 0.3) is 0 Å². The van der Waals surface area contributed by atoms with E-state index in [9.17, 15) is 9.90 Å². The summed E-state index contributed by atoms with van der Waals surface area (Å²) >= 11 is 0. The highest BCUT2D eigenvalue weighted by atomic mass is 16.3. The summed E-state index contributed by atoms with van der Waals surface area (Å²) in [4.78, 5) is 14.1.